The van der Waals surface area contributed by atoms with Crippen molar-refractivity contribution in [1.82, 2.24) is 4.90 Å². The van der Waals surface area contributed by atoms with Gasteiger partial charge in [0.05, 0.1) is 31.7 Å². The van der Waals surface area contributed by atoms with Crippen LogP contribution in [0.1, 0.15) is 29.9 Å². The van der Waals surface area contributed by atoms with Crippen LogP contribution < -0.4 is 14.4 Å². The van der Waals surface area contributed by atoms with Gasteiger partial charge < -0.3 is 19.7 Å². The van der Waals surface area contributed by atoms with E-state index in [1.165, 1.54) is 55.5 Å². The van der Waals surface area contributed by atoms with E-state index in [-0.39, 0.29) is 54.0 Å². The van der Waals surface area contributed by atoms with Crippen LogP contribution in [-0.4, -0.2) is 69.3 Å². The average molecular weight is 710 g/mol. The van der Waals surface area contributed by atoms with Crippen molar-refractivity contribution < 1.29 is 43.3 Å². The topological polar surface area (TPSA) is 134 Å². The van der Waals surface area contributed by atoms with Crippen molar-refractivity contribution in [3.8, 4) is 23.0 Å². The highest BCUT2D eigenvalue weighted by Crippen LogP contribution is 2.66. The number of nitrogens with zero attached hydrogens (tertiary/aromatic N) is 2. The molecule has 1 saturated carbocycles. The lowest BCUT2D eigenvalue weighted by molar-refractivity contribution is -0.140. The molecule has 6 atom stereocenters. The second-order valence-corrected chi connectivity index (χ2v) is 14.0. The van der Waals surface area contributed by atoms with E-state index in [9.17, 15) is 33.8 Å². The van der Waals surface area contributed by atoms with Crippen molar-refractivity contribution in [3.05, 3.63) is 89.3 Å². The SMILES string of the molecule is COc1cc([C@H]2C3=CC[C@@H]4C(=O)N(CCc5ccc(O)cc5)C(=O)[C@@H]4[C@@H]3C[C@@]3(Cl)C(=O)N(c4ccc(F)cc4)C(=O)[C@@]23Cl)cc(OC)c1O. The van der Waals surface area contributed by atoms with Crippen molar-refractivity contribution in [2.75, 3.05) is 25.7 Å². The summed E-state index contributed by atoms with van der Waals surface area (Å²) in [6.45, 7) is 0.106. The van der Waals surface area contributed by atoms with Gasteiger partial charge in [0.25, 0.3) is 11.8 Å². The van der Waals surface area contributed by atoms with Gasteiger partial charge in [-0.1, -0.05) is 23.8 Å². The molecule has 0 aromatic heterocycles. The lowest BCUT2D eigenvalue weighted by Crippen LogP contribution is -2.60. The first-order valence-corrected chi connectivity index (χ1v) is 16.4. The van der Waals surface area contributed by atoms with Crippen LogP contribution in [0.5, 0.6) is 23.0 Å². The Labute approximate surface area is 290 Å². The van der Waals surface area contributed by atoms with Gasteiger partial charge in [0, 0.05) is 12.5 Å². The Morgan fingerprint density at radius 2 is 1.51 bits per heavy atom. The van der Waals surface area contributed by atoms with Crippen LogP contribution >= 0.6 is 23.2 Å². The molecule has 2 aliphatic heterocycles. The smallest absolute Gasteiger partial charge is 0.258 e. The van der Waals surface area contributed by atoms with Gasteiger partial charge >= 0.3 is 0 Å². The number of halogens is 3. The Hall–Kier alpha value is -4.61. The number of allylic oxidation sites excluding steroid dienone is 2. The summed E-state index contributed by atoms with van der Waals surface area (Å²) in [5, 5.41) is 20.4. The van der Waals surface area contributed by atoms with Crippen LogP contribution in [0, 0.1) is 23.6 Å². The second kappa shape index (κ2) is 11.8. The molecule has 2 saturated heterocycles. The summed E-state index contributed by atoms with van der Waals surface area (Å²) in [6.07, 6.45) is 2.10. The number of carbonyl (C=O) groups is 4. The lowest BCUT2D eigenvalue weighted by atomic mass is 9.56. The molecule has 49 heavy (non-hydrogen) atoms. The number of phenolic OH excluding ortho intramolecular Hbond substituents is 2. The molecule has 3 fully saturated rings. The number of fused-ring (bicyclic) bond motifs is 4. The third-order valence-electron chi connectivity index (χ3n) is 10.4. The van der Waals surface area contributed by atoms with E-state index in [1.807, 2.05) is 0 Å². The molecule has 4 aliphatic rings. The number of carbonyl (C=O) groups excluding carboxylic acids is 4. The Morgan fingerprint density at radius 3 is 2.12 bits per heavy atom. The fourth-order valence-corrected chi connectivity index (χ4v) is 8.98. The van der Waals surface area contributed by atoms with Crippen molar-refractivity contribution in [1.29, 1.82) is 0 Å². The average Bonchev–Trinajstić information content (AvgIpc) is 3.42. The molecule has 2 aliphatic carbocycles. The van der Waals surface area contributed by atoms with Gasteiger partial charge in [-0.3, -0.25) is 24.1 Å². The number of hydrogen-bond donors (Lipinski definition) is 2. The number of methoxy groups -OCH3 is 2. The Bertz CT molecular complexity index is 1910. The predicted molar refractivity (Wildman–Crippen MR) is 176 cm³/mol. The van der Waals surface area contributed by atoms with Gasteiger partial charge in [0.2, 0.25) is 17.6 Å². The third kappa shape index (κ3) is 4.73. The highest BCUT2D eigenvalue weighted by molar-refractivity contribution is 6.58. The highest BCUT2D eigenvalue weighted by atomic mass is 35.5. The van der Waals surface area contributed by atoms with Gasteiger partial charge in [-0.25, -0.2) is 9.29 Å². The first kappa shape index (κ1) is 32.9. The number of imide groups is 2. The molecule has 0 spiro atoms. The predicted octanol–water partition coefficient (Wildman–Crippen LogP) is 5.06. The van der Waals surface area contributed by atoms with Gasteiger partial charge in [-0.15, -0.1) is 23.2 Å². The van der Waals surface area contributed by atoms with Gasteiger partial charge in [-0.05, 0) is 84.8 Å². The number of anilines is 1. The number of phenols is 2. The molecule has 3 aromatic rings. The Balaban J connectivity index is 1.35. The van der Waals surface area contributed by atoms with Crippen LogP contribution in [0.15, 0.2) is 72.3 Å². The molecular weight excluding hydrogens is 678 g/mol. The fraction of sp³-hybridized carbons (Fsp3) is 0.333. The third-order valence-corrected chi connectivity index (χ3v) is 11.8. The maximum Gasteiger partial charge on any atom is 0.258 e. The molecule has 2 heterocycles. The maximum absolute atomic E-state index is 14.5. The molecule has 0 bridgehead atoms. The number of aromatic hydroxyl groups is 2. The van der Waals surface area contributed by atoms with E-state index < -0.39 is 57.0 Å². The number of ether oxygens (including phenoxy) is 2. The van der Waals surface area contributed by atoms with Crippen molar-refractivity contribution in [2.45, 2.75) is 34.9 Å². The molecule has 13 heteroatoms. The molecule has 0 radical (unpaired) electrons. The summed E-state index contributed by atoms with van der Waals surface area (Å²) in [5.74, 6) is -6.77. The van der Waals surface area contributed by atoms with Gasteiger partial charge in [0.1, 0.15) is 11.6 Å². The molecule has 7 rings (SSSR count). The van der Waals surface area contributed by atoms with E-state index in [0.717, 1.165) is 22.6 Å². The fourth-order valence-electron chi connectivity index (χ4n) is 8.04. The summed E-state index contributed by atoms with van der Waals surface area (Å²) in [6, 6.07) is 14.2. The lowest BCUT2D eigenvalue weighted by Gasteiger charge is -2.50. The quantitative estimate of drug-likeness (QED) is 0.198. The van der Waals surface area contributed by atoms with Crippen LogP contribution in [-0.2, 0) is 25.6 Å². The van der Waals surface area contributed by atoms with Crippen molar-refractivity contribution >= 4 is 52.5 Å². The zero-order valence-electron chi connectivity index (χ0n) is 26.4. The van der Waals surface area contributed by atoms with Crippen LogP contribution in [0.4, 0.5) is 10.1 Å². The van der Waals surface area contributed by atoms with E-state index >= 15 is 0 Å². The highest BCUT2D eigenvalue weighted by Gasteiger charge is 2.76. The molecule has 2 N–H and O–H groups in total. The first-order valence-electron chi connectivity index (χ1n) is 15.7. The molecular formula is C36H31Cl2FN2O8. The van der Waals surface area contributed by atoms with E-state index in [4.69, 9.17) is 32.7 Å². The number of likely N-dealkylation sites (tertiary alicyclic amines) is 1. The normalized spacial score (nSPS) is 29.0. The van der Waals surface area contributed by atoms with Crippen LogP contribution in [0.3, 0.4) is 0 Å². The minimum atomic E-state index is -2.16. The summed E-state index contributed by atoms with van der Waals surface area (Å²) in [7, 11) is 2.68. The monoisotopic (exact) mass is 708 g/mol. The van der Waals surface area contributed by atoms with Crippen molar-refractivity contribution in [2.24, 2.45) is 17.8 Å². The zero-order chi connectivity index (χ0) is 35.0. The van der Waals surface area contributed by atoms with Crippen LogP contribution in [0.25, 0.3) is 0 Å². The largest absolute Gasteiger partial charge is 0.508 e. The summed E-state index contributed by atoms with van der Waals surface area (Å²) in [4.78, 5) is 54.7. The van der Waals surface area contributed by atoms with E-state index in [1.54, 1.807) is 18.2 Å². The van der Waals surface area contributed by atoms with Gasteiger partial charge in [0.15, 0.2) is 21.2 Å². The minimum Gasteiger partial charge on any atom is -0.508 e. The summed E-state index contributed by atoms with van der Waals surface area (Å²) in [5.41, 5.74) is 1.75. The number of hydrogen-bond acceptors (Lipinski definition) is 8. The second-order valence-electron chi connectivity index (χ2n) is 12.8. The van der Waals surface area contributed by atoms with E-state index in [0.29, 0.717) is 17.6 Å². The number of alkyl halides is 2. The molecule has 3 aromatic carbocycles. The first-order chi connectivity index (χ1) is 23.3. The summed E-state index contributed by atoms with van der Waals surface area (Å²) < 4.78 is 24.7. The molecule has 10 nitrogen and oxygen atoms in total. The molecule has 4 amide bonds. The molecule has 254 valence electrons. The Morgan fingerprint density at radius 1 is 0.878 bits per heavy atom. The summed E-state index contributed by atoms with van der Waals surface area (Å²) >= 11 is 14.8. The number of rotatable bonds is 7. The van der Waals surface area contributed by atoms with Gasteiger partial charge in [-0.2, -0.15) is 0 Å². The Kier molecular flexibility index (Phi) is 7.91. The van der Waals surface area contributed by atoms with Crippen molar-refractivity contribution in [3.63, 3.8) is 0 Å². The zero-order valence-corrected chi connectivity index (χ0v) is 27.9. The molecule has 0 unspecified atom stereocenters. The maximum atomic E-state index is 14.5. The van der Waals surface area contributed by atoms with Crippen LogP contribution in [0.2, 0.25) is 0 Å². The minimum absolute atomic E-state index is 0.00545. The van der Waals surface area contributed by atoms with E-state index in [2.05, 4.69) is 0 Å². The number of amides is 4. The standard InChI is InChI=1S/C36H31Cl2FN2O8/c1-48-26-15-19(16-27(49-2)30(26)43)29-23-11-12-24-28(32(45)40(31(24)44)14-13-18-3-9-22(42)10-4-18)25(23)17-35(37)33(46)41(34(47)36(29,35)38)21-7-5-20(39)6-8-21/h3-11,15-16,24-25,28-29,42-43H,12-14,17H2,1-2H3/t24-,25+,28-,29-,35+,36-/m0/s1. The number of benzene rings is 3.